The lowest BCUT2D eigenvalue weighted by Crippen LogP contribution is -2.44. The number of hydrogen-bond donors (Lipinski definition) is 2. The van der Waals surface area contributed by atoms with E-state index in [4.69, 9.17) is 9.72 Å². The number of carbonyl (C=O) groups excluding carboxylic acids is 1. The third kappa shape index (κ3) is 5.44. The molecular weight excluding hydrogens is 532 g/mol. The molecule has 0 spiro atoms. The molecule has 4 heterocycles. The van der Waals surface area contributed by atoms with Crippen molar-refractivity contribution < 1.29 is 19.4 Å². The maximum absolute atomic E-state index is 12.9. The summed E-state index contributed by atoms with van der Waals surface area (Å²) in [5.41, 5.74) is 3.18. The van der Waals surface area contributed by atoms with Gasteiger partial charge in [0, 0.05) is 55.3 Å². The second kappa shape index (κ2) is 11.6. The molecule has 42 heavy (non-hydrogen) atoms. The van der Waals surface area contributed by atoms with Gasteiger partial charge in [-0.2, -0.15) is 0 Å². The van der Waals surface area contributed by atoms with E-state index in [-0.39, 0.29) is 11.9 Å². The third-order valence-corrected chi connectivity index (χ3v) is 8.19. The molecule has 216 valence electrons. The summed E-state index contributed by atoms with van der Waals surface area (Å²) < 4.78 is 6.56. The summed E-state index contributed by atoms with van der Waals surface area (Å²) in [6.07, 6.45) is 5.61. The second-order valence-corrected chi connectivity index (χ2v) is 11.0. The number of ether oxygens (including phenoxy) is 1. The van der Waals surface area contributed by atoms with Gasteiger partial charge in [0.05, 0.1) is 16.9 Å². The molecule has 4 aromatic rings. The van der Waals surface area contributed by atoms with Crippen LogP contribution in [0.4, 0.5) is 16.4 Å². The van der Waals surface area contributed by atoms with Crippen LogP contribution in [0.3, 0.4) is 0 Å². The highest BCUT2D eigenvalue weighted by Gasteiger charge is 2.30. The van der Waals surface area contributed by atoms with Crippen LogP contribution in [0.15, 0.2) is 60.9 Å². The first-order valence-electron chi connectivity index (χ1n) is 14.4. The van der Waals surface area contributed by atoms with Crippen LogP contribution in [0.25, 0.3) is 22.0 Å². The Labute approximate surface area is 244 Å². The maximum atomic E-state index is 12.9. The molecule has 2 atom stereocenters. The van der Waals surface area contributed by atoms with Gasteiger partial charge in [0.1, 0.15) is 5.75 Å². The molecule has 0 bridgehead atoms. The number of aromatic nitrogens is 3. The van der Waals surface area contributed by atoms with Gasteiger partial charge in [-0.1, -0.05) is 37.6 Å². The van der Waals surface area contributed by atoms with Crippen molar-refractivity contribution >= 4 is 34.4 Å². The number of carboxylic acid groups (broad SMARTS) is 1. The molecule has 0 radical (unpaired) electrons. The number of anilines is 2. The van der Waals surface area contributed by atoms with Crippen LogP contribution in [0.1, 0.15) is 38.2 Å². The van der Waals surface area contributed by atoms with Gasteiger partial charge in [0.2, 0.25) is 17.7 Å². The largest absolute Gasteiger partial charge is 0.465 e. The molecule has 2 aromatic carbocycles. The van der Waals surface area contributed by atoms with E-state index in [2.05, 4.69) is 28.3 Å². The number of likely N-dealkylation sites (tertiary alicyclic amines) is 1. The number of rotatable bonds is 7. The zero-order chi connectivity index (χ0) is 29.2. The summed E-state index contributed by atoms with van der Waals surface area (Å²) in [4.78, 5) is 41.3. The molecule has 2 amide bonds. The van der Waals surface area contributed by atoms with Crippen LogP contribution in [0.5, 0.6) is 11.6 Å². The topological polar surface area (TPSA) is 121 Å². The van der Waals surface area contributed by atoms with E-state index in [0.717, 1.165) is 47.8 Å². The first-order valence-corrected chi connectivity index (χ1v) is 14.4. The number of nitrogens with zero attached hydrogens (tertiary/aromatic N) is 5. The molecule has 10 nitrogen and oxygen atoms in total. The van der Waals surface area contributed by atoms with E-state index in [1.165, 1.54) is 4.90 Å². The van der Waals surface area contributed by atoms with Crippen molar-refractivity contribution in [2.45, 2.75) is 45.6 Å². The molecule has 0 saturated carbocycles. The lowest BCUT2D eigenvalue weighted by Gasteiger charge is -2.31. The van der Waals surface area contributed by atoms with Gasteiger partial charge >= 0.3 is 6.09 Å². The number of pyridine rings is 1. The van der Waals surface area contributed by atoms with Crippen molar-refractivity contribution in [2.24, 2.45) is 5.92 Å². The van der Waals surface area contributed by atoms with Crippen molar-refractivity contribution in [3.8, 4) is 22.9 Å². The fourth-order valence-corrected chi connectivity index (χ4v) is 5.87. The van der Waals surface area contributed by atoms with Crippen molar-refractivity contribution in [1.82, 2.24) is 19.9 Å². The number of aryl methyl sites for hydroxylation is 1. The Morgan fingerprint density at radius 1 is 1.07 bits per heavy atom. The van der Waals surface area contributed by atoms with Crippen molar-refractivity contribution in [2.75, 3.05) is 29.9 Å². The van der Waals surface area contributed by atoms with Gasteiger partial charge in [-0.25, -0.2) is 19.7 Å². The van der Waals surface area contributed by atoms with E-state index in [1.807, 2.05) is 48.2 Å². The summed E-state index contributed by atoms with van der Waals surface area (Å²) in [5.74, 6) is 2.02. The second-order valence-electron chi connectivity index (χ2n) is 11.0. The minimum absolute atomic E-state index is 0.0719. The zero-order valence-corrected chi connectivity index (χ0v) is 23.8. The lowest BCUT2D eigenvalue weighted by molar-refractivity contribution is -0.117. The van der Waals surface area contributed by atoms with E-state index < -0.39 is 6.09 Å². The predicted octanol–water partition coefficient (Wildman–Crippen LogP) is 6.11. The number of amides is 2. The third-order valence-electron chi connectivity index (χ3n) is 8.19. The summed E-state index contributed by atoms with van der Waals surface area (Å²) in [5, 5.41) is 14.5. The maximum Gasteiger partial charge on any atom is 0.407 e. The first kappa shape index (κ1) is 27.4. The van der Waals surface area contributed by atoms with E-state index in [0.29, 0.717) is 54.3 Å². The first-order chi connectivity index (χ1) is 20.4. The normalized spacial score (nSPS) is 18.9. The van der Waals surface area contributed by atoms with Crippen molar-refractivity contribution in [3.63, 3.8) is 0 Å². The Kier molecular flexibility index (Phi) is 7.60. The molecule has 2 aliphatic rings. The SMILES string of the molecule is CCC1CC(=O)N(c2cccc3c(Oc4ncccc4-c4ccnc(N[C@H]5CCCN(C(=O)O)C5)n4)c(C)ccc23)C1. The van der Waals surface area contributed by atoms with Gasteiger partial charge < -0.3 is 25.0 Å². The Hall–Kier alpha value is -4.73. The molecule has 6 rings (SSSR count). The molecule has 2 aliphatic heterocycles. The summed E-state index contributed by atoms with van der Waals surface area (Å²) in [6.45, 7) is 5.77. The Morgan fingerprint density at radius 2 is 1.95 bits per heavy atom. The molecular formula is C32H34N6O4. The molecule has 2 saturated heterocycles. The van der Waals surface area contributed by atoms with Crippen LogP contribution in [0, 0.1) is 12.8 Å². The van der Waals surface area contributed by atoms with Crippen LogP contribution in [0.2, 0.25) is 0 Å². The van der Waals surface area contributed by atoms with Gasteiger partial charge in [-0.05, 0) is 55.5 Å². The van der Waals surface area contributed by atoms with E-state index >= 15 is 0 Å². The number of hydrogen-bond acceptors (Lipinski definition) is 7. The molecule has 0 aliphatic carbocycles. The van der Waals surface area contributed by atoms with Crippen LogP contribution in [-0.2, 0) is 4.79 Å². The highest BCUT2D eigenvalue weighted by atomic mass is 16.5. The quantitative estimate of drug-likeness (QED) is 0.275. The zero-order valence-electron chi connectivity index (χ0n) is 23.8. The number of benzene rings is 2. The molecule has 2 fully saturated rings. The minimum Gasteiger partial charge on any atom is -0.465 e. The predicted molar refractivity (Wildman–Crippen MR) is 161 cm³/mol. The average molecular weight is 567 g/mol. The summed E-state index contributed by atoms with van der Waals surface area (Å²) in [7, 11) is 0. The van der Waals surface area contributed by atoms with Crippen molar-refractivity contribution in [1.29, 1.82) is 0 Å². The fraction of sp³-hybridized carbons (Fsp3) is 0.344. The van der Waals surface area contributed by atoms with E-state index in [9.17, 15) is 14.7 Å². The molecule has 2 aromatic heterocycles. The average Bonchev–Trinajstić information content (AvgIpc) is 3.39. The standard InChI is InChI=1S/C32H34N6O4/c1-3-21-17-28(39)38(18-21)27-10-4-8-24-23(27)12-11-20(2)29(24)42-30-25(9-5-14-33-30)26-13-15-34-31(36-26)35-22-7-6-16-37(19-22)32(40)41/h4-5,8-15,21-22H,3,6-7,16-19H2,1-2H3,(H,40,41)(H,34,35,36)/t21?,22-/m0/s1. The van der Waals surface area contributed by atoms with Crippen molar-refractivity contribution in [3.05, 3.63) is 66.5 Å². The smallest absolute Gasteiger partial charge is 0.407 e. The number of fused-ring (bicyclic) bond motifs is 1. The monoisotopic (exact) mass is 566 g/mol. The summed E-state index contributed by atoms with van der Waals surface area (Å²) >= 11 is 0. The number of carbonyl (C=O) groups is 2. The Bertz CT molecular complexity index is 1640. The highest BCUT2D eigenvalue weighted by Crippen LogP contribution is 2.40. The Balaban J connectivity index is 1.31. The molecule has 1 unspecified atom stereocenters. The van der Waals surface area contributed by atoms with Crippen LogP contribution >= 0.6 is 0 Å². The highest BCUT2D eigenvalue weighted by molar-refractivity contribution is 6.06. The van der Waals surface area contributed by atoms with Gasteiger partial charge in [0.15, 0.2) is 0 Å². The van der Waals surface area contributed by atoms with Gasteiger partial charge in [0.25, 0.3) is 0 Å². The van der Waals surface area contributed by atoms with E-state index in [1.54, 1.807) is 18.5 Å². The number of piperidine rings is 1. The van der Waals surface area contributed by atoms with Crippen LogP contribution in [-0.4, -0.2) is 62.6 Å². The number of nitrogens with one attached hydrogen (secondary N) is 1. The molecule has 2 N–H and O–H groups in total. The van der Waals surface area contributed by atoms with Crippen LogP contribution < -0.4 is 15.0 Å². The minimum atomic E-state index is -0.915. The Morgan fingerprint density at radius 3 is 2.76 bits per heavy atom. The molecule has 10 heteroatoms. The van der Waals surface area contributed by atoms with Gasteiger partial charge in [-0.3, -0.25) is 4.79 Å². The lowest BCUT2D eigenvalue weighted by atomic mass is 10.0. The summed E-state index contributed by atoms with van der Waals surface area (Å²) in [6, 6.07) is 15.5. The fourth-order valence-electron chi connectivity index (χ4n) is 5.87. The van der Waals surface area contributed by atoms with Gasteiger partial charge in [-0.15, -0.1) is 0 Å².